The van der Waals surface area contributed by atoms with Crippen LogP contribution in [-0.4, -0.2) is 14.4 Å². The van der Waals surface area contributed by atoms with E-state index in [1.807, 2.05) is 10.6 Å². The van der Waals surface area contributed by atoms with Gasteiger partial charge in [-0.1, -0.05) is 26.0 Å². The van der Waals surface area contributed by atoms with Crippen LogP contribution in [0.15, 0.2) is 42.9 Å². The maximum atomic E-state index is 12.9. The van der Waals surface area contributed by atoms with E-state index in [-0.39, 0.29) is 5.82 Å². The molecule has 0 unspecified atom stereocenters. The molecule has 0 atom stereocenters. The zero-order chi connectivity index (χ0) is 14.8. The minimum atomic E-state index is -0.220. The molecule has 2 aromatic heterocycles. The molecule has 0 aliphatic rings. The highest BCUT2D eigenvalue weighted by Crippen LogP contribution is 2.25. The fourth-order valence-corrected chi connectivity index (χ4v) is 2.29. The predicted octanol–water partition coefficient (Wildman–Crippen LogP) is 3.60. The number of nitrogens with zero attached hydrogens (tertiary/aromatic N) is 3. The van der Waals surface area contributed by atoms with Gasteiger partial charge in [0.25, 0.3) is 0 Å². The van der Waals surface area contributed by atoms with E-state index < -0.39 is 0 Å². The first-order valence-electron chi connectivity index (χ1n) is 6.95. The van der Waals surface area contributed by atoms with Gasteiger partial charge in [-0.2, -0.15) is 0 Å². The third kappa shape index (κ3) is 2.72. The van der Waals surface area contributed by atoms with Gasteiger partial charge in [0.2, 0.25) is 0 Å². The lowest BCUT2D eigenvalue weighted by atomic mass is 10.1. The van der Waals surface area contributed by atoms with Crippen LogP contribution in [-0.2, 0) is 6.54 Å². The summed E-state index contributed by atoms with van der Waals surface area (Å²) in [6, 6.07) is 6.50. The van der Waals surface area contributed by atoms with Crippen LogP contribution in [0.2, 0.25) is 0 Å². The Kier molecular flexibility index (Phi) is 3.56. The Balaban J connectivity index is 1.91. The third-order valence-electron chi connectivity index (χ3n) is 3.38. The minimum Gasteiger partial charge on any atom is -0.366 e. The molecule has 0 saturated heterocycles. The van der Waals surface area contributed by atoms with Crippen molar-refractivity contribution >= 4 is 11.5 Å². The van der Waals surface area contributed by atoms with Crippen molar-refractivity contribution in [2.45, 2.75) is 26.3 Å². The van der Waals surface area contributed by atoms with Crippen LogP contribution in [0, 0.1) is 5.82 Å². The summed E-state index contributed by atoms with van der Waals surface area (Å²) in [4.78, 5) is 8.72. The molecule has 0 radical (unpaired) electrons. The van der Waals surface area contributed by atoms with Gasteiger partial charge < -0.3 is 5.32 Å². The Bertz CT molecular complexity index is 747. The summed E-state index contributed by atoms with van der Waals surface area (Å²) in [5.74, 6) is 1.05. The van der Waals surface area contributed by atoms with Gasteiger partial charge >= 0.3 is 0 Å². The van der Waals surface area contributed by atoms with Gasteiger partial charge in [-0.15, -0.1) is 0 Å². The monoisotopic (exact) mass is 284 g/mol. The van der Waals surface area contributed by atoms with E-state index in [2.05, 4.69) is 29.1 Å². The van der Waals surface area contributed by atoms with Crippen molar-refractivity contribution in [2.24, 2.45) is 0 Å². The molecule has 1 N–H and O–H groups in total. The lowest BCUT2D eigenvalue weighted by Crippen LogP contribution is -2.05. The molecule has 0 saturated carbocycles. The first kappa shape index (κ1) is 13.5. The van der Waals surface area contributed by atoms with E-state index >= 15 is 0 Å². The molecule has 0 fully saturated rings. The van der Waals surface area contributed by atoms with Crippen LogP contribution in [0.25, 0.3) is 5.65 Å². The molecule has 2 heterocycles. The molecular formula is C16H17FN4. The Hall–Kier alpha value is -2.43. The van der Waals surface area contributed by atoms with Crippen molar-refractivity contribution in [1.82, 2.24) is 14.4 Å². The van der Waals surface area contributed by atoms with Crippen LogP contribution < -0.4 is 5.32 Å². The summed E-state index contributed by atoms with van der Waals surface area (Å²) < 4.78 is 14.9. The molecular weight excluding hydrogens is 267 g/mol. The van der Waals surface area contributed by atoms with Gasteiger partial charge in [-0.25, -0.2) is 9.37 Å². The fourth-order valence-electron chi connectivity index (χ4n) is 2.29. The molecule has 4 nitrogen and oxygen atoms in total. The Morgan fingerprint density at radius 2 is 2.00 bits per heavy atom. The predicted molar refractivity (Wildman–Crippen MR) is 80.8 cm³/mol. The SMILES string of the molecule is CC(C)c1nc2cnccn2c1NCc1ccc(F)cc1. The van der Waals surface area contributed by atoms with Crippen LogP contribution in [0.3, 0.4) is 0 Å². The molecule has 108 valence electrons. The van der Waals surface area contributed by atoms with E-state index in [4.69, 9.17) is 0 Å². The number of fused-ring (bicyclic) bond motifs is 1. The lowest BCUT2D eigenvalue weighted by molar-refractivity contribution is 0.627. The highest BCUT2D eigenvalue weighted by atomic mass is 19.1. The zero-order valence-electron chi connectivity index (χ0n) is 12.0. The maximum absolute atomic E-state index is 12.9. The average molecular weight is 284 g/mol. The van der Waals surface area contributed by atoms with Gasteiger partial charge in [-0.05, 0) is 23.6 Å². The normalized spacial score (nSPS) is 11.2. The highest BCUT2D eigenvalue weighted by Gasteiger charge is 2.14. The molecule has 3 rings (SSSR count). The summed E-state index contributed by atoms with van der Waals surface area (Å²) in [6.07, 6.45) is 5.37. The van der Waals surface area contributed by atoms with Gasteiger partial charge in [-0.3, -0.25) is 9.38 Å². The molecule has 0 bridgehead atoms. The molecule has 0 amide bonds. The highest BCUT2D eigenvalue weighted by molar-refractivity contribution is 5.55. The van der Waals surface area contributed by atoms with E-state index in [0.29, 0.717) is 12.5 Å². The number of halogens is 1. The number of aromatic nitrogens is 3. The summed E-state index contributed by atoms with van der Waals surface area (Å²) in [6.45, 7) is 4.84. The van der Waals surface area contributed by atoms with Gasteiger partial charge in [0.05, 0.1) is 11.9 Å². The summed E-state index contributed by atoms with van der Waals surface area (Å²) in [5, 5.41) is 3.40. The number of hydrogen-bond donors (Lipinski definition) is 1. The van der Waals surface area contributed by atoms with Gasteiger partial charge in [0.15, 0.2) is 5.65 Å². The standard InChI is InChI=1S/C16H17FN4/c1-11(2)15-16(21-8-7-18-10-14(21)20-15)19-9-12-3-5-13(17)6-4-12/h3-8,10-11,19H,9H2,1-2H3. The summed E-state index contributed by atoms with van der Waals surface area (Å²) in [7, 11) is 0. The average Bonchev–Trinajstić information content (AvgIpc) is 2.86. The van der Waals surface area contributed by atoms with Crippen LogP contribution in [0.4, 0.5) is 10.2 Å². The maximum Gasteiger partial charge on any atom is 0.157 e. The molecule has 3 aromatic rings. The number of hydrogen-bond acceptors (Lipinski definition) is 3. The first-order valence-corrected chi connectivity index (χ1v) is 6.95. The second-order valence-corrected chi connectivity index (χ2v) is 5.28. The molecule has 0 aliphatic carbocycles. The topological polar surface area (TPSA) is 42.2 Å². The number of benzene rings is 1. The van der Waals surface area contributed by atoms with Crippen LogP contribution in [0.1, 0.15) is 31.0 Å². The van der Waals surface area contributed by atoms with E-state index in [0.717, 1.165) is 22.7 Å². The van der Waals surface area contributed by atoms with Crippen molar-refractivity contribution in [3.05, 3.63) is 59.9 Å². The Morgan fingerprint density at radius 3 is 2.71 bits per heavy atom. The van der Waals surface area contributed by atoms with Crippen LogP contribution in [0.5, 0.6) is 0 Å². The van der Waals surface area contributed by atoms with Crippen molar-refractivity contribution < 1.29 is 4.39 Å². The van der Waals surface area contributed by atoms with Crippen molar-refractivity contribution in [1.29, 1.82) is 0 Å². The molecule has 1 aromatic carbocycles. The Morgan fingerprint density at radius 1 is 1.24 bits per heavy atom. The van der Waals surface area contributed by atoms with Crippen molar-refractivity contribution in [3.63, 3.8) is 0 Å². The number of rotatable bonds is 4. The molecule has 21 heavy (non-hydrogen) atoms. The largest absolute Gasteiger partial charge is 0.366 e. The second-order valence-electron chi connectivity index (χ2n) is 5.28. The quantitative estimate of drug-likeness (QED) is 0.796. The third-order valence-corrected chi connectivity index (χ3v) is 3.38. The number of nitrogens with one attached hydrogen (secondary N) is 1. The number of imidazole rings is 1. The first-order chi connectivity index (χ1) is 10.1. The van der Waals surface area contributed by atoms with Gasteiger partial charge in [0, 0.05) is 18.9 Å². The summed E-state index contributed by atoms with van der Waals surface area (Å²) in [5.41, 5.74) is 2.85. The smallest absolute Gasteiger partial charge is 0.157 e. The molecule has 5 heteroatoms. The second kappa shape index (κ2) is 5.52. The van der Waals surface area contributed by atoms with E-state index in [1.54, 1.807) is 24.5 Å². The molecule has 0 spiro atoms. The van der Waals surface area contributed by atoms with E-state index in [9.17, 15) is 4.39 Å². The van der Waals surface area contributed by atoms with Crippen LogP contribution >= 0.6 is 0 Å². The lowest BCUT2D eigenvalue weighted by Gasteiger charge is -2.10. The molecule has 0 aliphatic heterocycles. The van der Waals surface area contributed by atoms with Gasteiger partial charge in [0.1, 0.15) is 11.6 Å². The Labute approximate surface area is 122 Å². The summed E-state index contributed by atoms with van der Waals surface area (Å²) >= 11 is 0. The fraction of sp³-hybridized carbons (Fsp3) is 0.250. The zero-order valence-corrected chi connectivity index (χ0v) is 12.0. The minimum absolute atomic E-state index is 0.220. The number of anilines is 1. The van der Waals surface area contributed by atoms with Crippen molar-refractivity contribution in [2.75, 3.05) is 5.32 Å². The van der Waals surface area contributed by atoms with Crippen molar-refractivity contribution in [3.8, 4) is 0 Å². The van der Waals surface area contributed by atoms with E-state index in [1.165, 1.54) is 12.1 Å².